The summed E-state index contributed by atoms with van der Waals surface area (Å²) in [5.74, 6) is -0.559. The predicted octanol–water partition coefficient (Wildman–Crippen LogP) is 4.23. The molecule has 9 heteroatoms. The minimum atomic E-state index is -4.48. The zero-order valence-corrected chi connectivity index (χ0v) is 17.1. The third kappa shape index (κ3) is 5.57. The number of hydrogen-bond donors (Lipinski definition) is 1. The van der Waals surface area contributed by atoms with Crippen LogP contribution < -0.4 is 5.32 Å². The quantitative estimate of drug-likeness (QED) is 0.718. The van der Waals surface area contributed by atoms with Crippen LogP contribution in [0.2, 0.25) is 0 Å². The number of hydrogen-bond acceptors (Lipinski definition) is 3. The Morgan fingerprint density at radius 2 is 1.76 bits per heavy atom. The van der Waals surface area contributed by atoms with Gasteiger partial charge in [0.05, 0.1) is 16.5 Å². The molecule has 158 valence electrons. The molecule has 0 aliphatic carbocycles. The lowest BCUT2D eigenvalue weighted by molar-refractivity contribution is -0.137. The molecule has 0 aliphatic rings. The molecule has 1 amide bonds. The van der Waals surface area contributed by atoms with Gasteiger partial charge in [-0.15, -0.1) is 0 Å². The van der Waals surface area contributed by atoms with Gasteiger partial charge in [-0.05, 0) is 42.3 Å². The minimum Gasteiger partial charge on any atom is -0.345 e. The number of amides is 1. The van der Waals surface area contributed by atoms with Crippen LogP contribution >= 0.6 is 0 Å². The SMILES string of the molecule is CCCC(NC(=O)c1cccc(S(=O)(=O)N(C)C)c1)c1cccc(C(F)(F)F)c1. The van der Waals surface area contributed by atoms with Crippen molar-refractivity contribution in [3.05, 3.63) is 65.2 Å². The second-order valence-electron chi connectivity index (χ2n) is 6.75. The van der Waals surface area contributed by atoms with Gasteiger partial charge in [0.2, 0.25) is 10.0 Å². The molecule has 0 spiro atoms. The topological polar surface area (TPSA) is 66.5 Å². The van der Waals surface area contributed by atoms with Crippen molar-refractivity contribution < 1.29 is 26.4 Å². The maximum absolute atomic E-state index is 13.0. The standard InChI is InChI=1S/C20H23F3N2O3S/c1-4-7-18(14-8-5-10-16(12-14)20(21,22)23)24-19(26)15-9-6-11-17(13-15)29(27,28)25(2)3/h5-6,8-13,18H,4,7H2,1-3H3,(H,24,26). The first-order valence-corrected chi connectivity index (χ1v) is 10.4. The number of rotatable bonds is 7. The van der Waals surface area contributed by atoms with Crippen LogP contribution in [0.4, 0.5) is 13.2 Å². The van der Waals surface area contributed by atoms with Crippen LogP contribution in [0.25, 0.3) is 0 Å². The zero-order chi connectivity index (χ0) is 21.8. The van der Waals surface area contributed by atoms with Crippen molar-refractivity contribution in [2.24, 2.45) is 0 Å². The molecule has 1 N–H and O–H groups in total. The van der Waals surface area contributed by atoms with Crippen molar-refractivity contribution in [1.82, 2.24) is 9.62 Å². The van der Waals surface area contributed by atoms with Gasteiger partial charge >= 0.3 is 6.18 Å². The average Bonchev–Trinajstić information content (AvgIpc) is 2.67. The number of benzene rings is 2. The van der Waals surface area contributed by atoms with Crippen LogP contribution in [0.1, 0.15) is 47.3 Å². The summed E-state index contributed by atoms with van der Waals surface area (Å²) in [6, 6.07) is 9.73. The summed E-state index contributed by atoms with van der Waals surface area (Å²) in [6.07, 6.45) is -3.41. The molecule has 1 unspecified atom stereocenters. The first-order valence-electron chi connectivity index (χ1n) is 8.97. The Morgan fingerprint density at radius 3 is 2.34 bits per heavy atom. The molecule has 0 saturated carbocycles. The minimum absolute atomic E-state index is 0.0405. The molecule has 2 rings (SSSR count). The molecule has 0 heterocycles. The molecule has 0 radical (unpaired) electrons. The fraction of sp³-hybridized carbons (Fsp3) is 0.350. The van der Waals surface area contributed by atoms with Gasteiger partial charge in [0.1, 0.15) is 0 Å². The number of nitrogens with zero attached hydrogens (tertiary/aromatic N) is 1. The van der Waals surface area contributed by atoms with E-state index in [2.05, 4.69) is 5.32 Å². The van der Waals surface area contributed by atoms with E-state index in [0.29, 0.717) is 18.4 Å². The smallest absolute Gasteiger partial charge is 0.345 e. The van der Waals surface area contributed by atoms with Crippen LogP contribution in [0.15, 0.2) is 53.4 Å². The molecule has 0 aliphatic heterocycles. The van der Waals surface area contributed by atoms with Crippen molar-refractivity contribution in [1.29, 1.82) is 0 Å². The van der Waals surface area contributed by atoms with Crippen LogP contribution in [-0.4, -0.2) is 32.7 Å². The fourth-order valence-electron chi connectivity index (χ4n) is 2.79. The molecular formula is C20H23F3N2O3S. The Hall–Kier alpha value is -2.39. The summed E-state index contributed by atoms with van der Waals surface area (Å²) in [7, 11) is -0.954. The summed E-state index contributed by atoms with van der Waals surface area (Å²) in [6.45, 7) is 1.86. The second kappa shape index (κ2) is 8.96. The van der Waals surface area contributed by atoms with E-state index in [4.69, 9.17) is 0 Å². The Labute approximate surface area is 168 Å². The van der Waals surface area contributed by atoms with Crippen molar-refractivity contribution >= 4 is 15.9 Å². The highest BCUT2D eigenvalue weighted by Crippen LogP contribution is 2.31. The first kappa shape index (κ1) is 22.9. The maximum atomic E-state index is 13.0. The van der Waals surface area contributed by atoms with Gasteiger partial charge in [-0.1, -0.05) is 31.5 Å². The highest BCUT2D eigenvalue weighted by molar-refractivity contribution is 7.89. The van der Waals surface area contributed by atoms with Gasteiger partial charge in [-0.3, -0.25) is 4.79 Å². The second-order valence-corrected chi connectivity index (χ2v) is 8.91. The molecule has 0 fully saturated rings. The van der Waals surface area contributed by atoms with Crippen molar-refractivity contribution in [2.45, 2.75) is 36.9 Å². The first-order chi connectivity index (χ1) is 13.5. The van der Waals surface area contributed by atoms with E-state index in [9.17, 15) is 26.4 Å². The van der Waals surface area contributed by atoms with Gasteiger partial charge in [0.25, 0.3) is 5.91 Å². The van der Waals surface area contributed by atoms with E-state index in [-0.39, 0.29) is 10.5 Å². The fourth-order valence-corrected chi connectivity index (χ4v) is 3.74. The summed E-state index contributed by atoms with van der Waals surface area (Å²) in [5, 5.41) is 2.72. The van der Waals surface area contributed by atoms with E-state index in [0.717, 1.165) is 16.4 Å². The number of sulfonamides is 1. The Balaban J connectivity index is 2.32. The highest BCUT2D eigenvalue weighted by Gasteiger charge is 2.31. The normalized spacial score (nSPS) is 13.3. The zero-order valence-electron chi connectivity index (χ0n) is 16.3. The van der Waals surface area contributed by atoms with E-state index in [1.165, 1.54) is 50.5 Å². The van der Waals surface area contributed by atoms with Crippen molar-refractivity contribution in [3.8, 4) is 0 Å². The van der Waals surface area contributed by atoms with E-state index >= 15 is 0 Å². The van der Waals surface area contributed by atoms with Gasteiger partial charge in [-0.2, -0.15) is 13.2 Å². The summed E-state index contributed by atoms with van der Waals surface area (Å²) >= 11 is 0. The van der Waals surface area contributed by atoms with Crippen molar-refractivity contribution in [2.75, 3.05) is 14.1 Å². The monoisotopic (exact) mass is 428 g/mol. The highest BCUT2D eigenvalue weighted by atomic mass is 32.2. The van der Waals surface area contributed by atoms with Crippen LogP contribution in [0.5, 0.6) is 0 Å². The third-order valence-corrected chi connectivity index (χ3v) is 6.18. The molecule has 0 bridgehead atoms. The molecule has 0 saturated heterocycles. The number of nitrogens with one attached hydrogen (secondary N) is 1. The van der Waals surface area contributed by atoms with Crippen LogP contribution in [-0.2, 0) is 16.2 Å². The van der Waals surface area contributed by atoms with Crippen LogP contribution in [0, 0.1) is 0 Å². The Bertz CT molecular complexity index is 973. The largest absolute Gasteiger partial charge is 0.416 e. The van der Waals surface area contributed by atoms with Crippen LogP contribution in [0.3, 0.4) is 0 Å². The number of carbonyl (C=O) groups excluding carboxylic acids is 1. The Morgan fingerprint density at radius 1 is 1.10 bits per heavy atom. The number of carbonyl (C=O) groups is 1. The summed E-state index contributed by atoms with van der Waals surface area (Å²) in [5.41, 5.74) is -0.336. The lowest BCUT2D eigenvalue weighted by Crippen LogP contribution is -2.29. The predicted molar refractivity (Wildman–Crippen MR) is 104 cm³/mol. The van der Waals surface area contributed by atoms with E-state index < -0.39 is 33.7 Å². The van der Waals surface area contributed by atoms with E-state index in [1.807, 2.05) is 6.92 Å². The van der Waals surface area contributed by atoms with Gasteiger partial charge in [-0.25, -0.2) is 12.7 Å². The Kier molecular flexibility index (Phi) is 7.07. The maximum Gasteiger partial charge on any atom is 0.416 e. The third-order valence-electron chi connectivity index (χ3n) is 4.37. The summed E-state index contributed by atoms with van der Waals surface area (Å²) < 4.78 is 64.6. The molecule has 1 atom stereocenters. The number of halogens is 3. The molecule has 0 aromatic heterocycles. The van der Waals surface area contributed by atoms with Crippen molar-refractivity contribution in [3.63, 3.8) is 0 Å². The average molecular weight is 428 g/mol. The van der Waals surface area contributed by atoms with Gasteiger partial charge < -0.3 is 5.32 Å². The lowest BCUT2D eigenvalue weighted by atomic mass is 9.99. The van der Waals surface area contributed by atoms with Gasteiger partial charge in [0, 0.05) is 19.7 Å². The van der Waals surface area contributed by atoms with Gasteiger partial charge in [0.15, 0.2) is 0 Å². The molecule has 2 aromatic carbocycles. The molecule has 2 aromatic rings. The molecule has 29 heavy (non-hydrogen) atoms. The lowest BCUT2D eigenvalue weighted by Gasteiger charge is -2.20. The number of alkyl halides is 3. The molecular weight excluding hydrogens is 405 g/mol. The van der Waals surface area contributed by atoms with E-state index in [1.54, 1.807) is 0 Å². The molecule has 5 nitrogen and oxygen atoms in total. The summed E-state index contributed by atoms with van der Waals surface area (Å²) in [4.78, 5) is 12.7.